The molecule has 0 spiro atoms. The number of nitrogens with zero attached hydrogens (tertiary/aromatic N) is 1. The Labute approximate surface area is 203 Å². The zero-order valence-corrected chi connectivity index (χ0v) is 20.1. The number of fused-ring (bicyclic) bond motifs is 1. The number of carbonyl (C=O) groups excluding carboxylic acids is 2. The molecular weight excluding hydrogens is 448 g/mol. The van der Waals surface area contributed by atoms with Crippen molar-refractivity contribution in [3.05, 3.63) is 110 Å². The number of pyridine rings is 1. The molecule has 4 aromatic rings. The van der Waals surface area contributed by atoms with Crippen molar-refractivity contribution in [2.45, 2.75) is 33.7 Å². The summed E-state index contributed by atoms with van der Waals surface area (Å²) >= 11 is 6.17. The average molecular weight is 473 g/mol. The van der Waals surface area contributed by atoms with Gasteiger partial charge in [-0.15, -0.1) is 0 Å². The van der Waals surface area contributed by atoms with Crippen molar-refractivity contribution in [1.29, 1.82) is 0 Å². The van der Waals surface area contributed by atoms with Crippen LogP contribution in [0.15, 0.2) is 71.7 Å². The molecule has 0 saturated carbocycles. The Bertz CT molecular complexity index is 1470. The highest BCUT2D eigenvalue weighted by Gasteiger charge is 2.18. The molecule has 0 aliphatic carbocycles. The number of benzene rings is 3. The molecule has 1 aromatic heterocycles. The lowest BCUT2D eigenvalue weighted by Crippen LogP contribution is -2.24. The van der Waals surface area contributed by atoms with Crippen molar-refractivity contribution < 1.29 is 9.59 Å². The summed E-state index contributed by atoms with van der Waals surface area (Å²) in [5.41, 5.74) is 4.21. The van der Waals surface area contributed by atoms with E-state index in [1.807, 2.05) is 45.0 Å². The molecule has 0 bridgehead atoms. The van der Waals surface area contributed by atoms with E-state index in [1.54, 1.807) is 41.0 Å². The Balaban J connectivity index is 1.74. The van der Waals surface area contributed by atoms with E-state index >= 15 is 0 Å². The number of ketones is 1. The van der Waals surface area contributed by atoms with Crippen LogP contribution >= 0.6 is 11.6 Å². The molecule has 4 rings (SSSR count). The average Bonchev–Trinajstić information content (AvgIpc) is 2.83. The quantitative estimate of drug-likeness (QED) is 0.366. The Hall–Kier alpha value is -3.70. The van der Waals surface area contributed by atoms with Crippen molar-refractivity contribution in [1.82, 2.24) is 4.57 Å². The minimum atomic E-state index is -0.365. The third-order valence-corrected chi connectivity index (χ3v) is 6.28. The number of nitrogens with one attached hydrogen (secondary N) is 1. The monoisotopic (exact) mass is 472 g/mol. The number of hydrogen-bond acceptors (Lipinski definition) is 3. The van der Waals surface area contributed by atoms with Crippen molar-refractivity contribution in [3.63, 3.8) is 0 Å². The largest absolute Gasteiger partial charge is 0.337 e. The second-order valence-corrected chi connectivity index (χ2v) is 8.82. The van der Waals surface area contributed by atoms with Crippen molar-refractivity contribution in [2.75, 3.05) is 5.32 Å². The van der Waals surface area contributed by atoms with E-state index in [2.05, 4.69) is 5.32 Å². The van der Waals surface area contributed by atoms with Crippen LogP contribution in [0.3, 0.4) is 0 Å². The minimum Gasteiger partial charge on any atom is -0.337 e. The van der Waals surface area contributed by atoms with Crippen LogP contribution in [-0.2, 0) is 17.8 Å². The lowest BCUT2D eigenvalue weighted by Gasteiger charge is -2.14. The normalized spacial score (nSPS) is 10.9. The molecular formula is C28H25ClN2O3. The minimum absolute atomic E-state index is 0.0357. The number of aromatic nitrogens is 1. The second-order valence-electron chi connectivity index (χ2n) is 8.41. The van der Waals surface area contributed by atoms with E-state index in [-0.39, 0.29) is 29.2 Å². The topological polar surface area (TPSA) is 68.2 Å². The molecule has 34 heavy (non-hydrogen) atoms. The van der Waals surface area contributed by atoms with E-state index in [0.29, 0.717) is 27.2 Å². The predicted molar refractivity (Wildman–Crippen MR) is 137 cm³/mol. The van der Waals surface area contributed by atoms with E-state index in [9.17, 15) is 14.4 Å². The highest BCUT2D eigenvalue weighted by atomic mass is 35.5. The van der Waals surface area contributed by atoms with E-state index in [1.165, 1.54) is 6.20 Å². The molecule has 172 valence electrons. The van der Waals surface area contributed by atoms with Crippen LogP contribution in [0.4, 0.5) is 5.69 Å². The lowest BCUT2D eigenvalue weighted by atomic mass is 10.00. The number of amides is 1. The number of anilines is 1. The molecule has 5 nitrogen and oxygen atoms in total. The molecule has 1 N–H and O–H groups in total. The molecule has 0 fully saturated rings. The summed E-state index contributed by atoms with van der Waals surface area (Å²) < 4.78 is 1.65. The third-order valence-electron chi connectivity index (χ3n) is 5.87. The van der Waals surface area contributed by atoms with Gasteiger partial charge in [0.15, 0.2) is 5.78 Å². The Morgan fingerprint density at radius 3 is 2.38 bits per heavy atom. The fourth-order valence-corrected chi connectivity index (χ4v) is 4.06. The van der Waals surface area contributed by atoms with Crippen LogP contribution in [-0.4, -0.2) is 16.3 Å². The first-order chi connectivity index (χ1) is 16.3. The fraction of sp³-hybridized carbons (Fsp3) is 0.179. The van der Waals surface area contributed by atoms with Crippen LogP contribution in [0.25, 0.3) is 10.9 Å². The smallest absolute Gasteiger partial charge is 0.244 e. The highest BCUT2D eigenvalue weighted by molar-refractivity contribution is 6.31. The Kier molecular flexibility index (Phi) is 6.66. The zero-order valence-electron chi connectivity index (χ0n) is 19.3. The van der Waals surface area contributed by atoms with E-state index in [4.69, 9.17) is 11.6 Å². The van der Waals surface area contributed by atoms with Crippen LogP contribution in [0, 0.1) is 13.8 Å². The van der Waals surface area contributed by atoms with Crippen molar-refractivity contribution in [3.8, 4) is 0 Å². The first-order valence-electron chi connectivity index (χ1n) is 11.1. The van der Waals surface area contributed by atoms with Gasteiger partial charge < -0.3 is 9.88 Å². The number of carbonyl (C=O) groups is 2. The number of hydrogen-bond donors (Lipinski definition) is 1. The number of aryl methyl sites for hydroxylation is 3. The molecule has 0 unspecified atom stereocenters. The van der Waals surface area contributed by atoms with Crippen molar-refractivity contribution >= 4 is 39.9 Å². The maximum Gasteiger partial charge on any atom is 0.244 e. The standard InChI is InChI=1S/C28H25ClN2O3/c1-4-19-7-9-20(10-8-19)27(33)23-15-31(25-12-5-17(2)13-22(25)28(23)34)16-26(32)30-21-11-6-18(3)24(29)14-21/h5-15H,4,16H2,1-3H3,(H,30,32). The fourth-order valence-electron chi connectivity index (χ4n) is 3.88. The van der Waals surface area contributed by atoms with Crippen LogP contribution in [0.1, 0.15) is 39.5 Å². The van der Waals surface area contributed by atoms with E-state index < -0.39 is 0 Å². The maximum atomic E-state index is 13.3. The number of rotatable bonds is 6. The SMILES string of the molecule is CCc1ccc(C(=O)c2cn(CC(=O)Nc3ccc(C)c(Cl)c3)c3ccc(C)cc3c2=O)cc1. The lowest BCUT2D eigenvalue weighted by molar-refractivity contribution is -0.116. The molecule has 1 amide bonds. The summed E-state index contributed by atoms with van der Waals surface area (Å²) in [4.78, 5) is 39.4. The summed E-state index contributed by atoms with van der Waals surface area (Å²) in [5.74, 6) is -0.660. The van der Waals surface area contributed by atoms with Gasteiger partial charge in [0.1, 0.15) is 6.54 Å². The highest BCUT2D eigenvalue weighted by Crippen LogP contribution is 2.21. The molecule has 0 saturated heterocycles. The van der Waals surface area contributed by atoms with Gasteiger partial charge in [-0.1, -0.05) is 60.5 Å². The van der Waals surface area contributed by atoms with Crippen LogP contribution in [0.5, 0.6) is 0 Å². The van der Waals surface area contributed by atoms with E-state index in [0.717, 1.165) is 23.1 Å². The molecule has 0 atom stereocenters. The summed E-state index contributed by atoms with van der Waals surface area (Å²) in [6.07, 6.45) is 2.34. The molecule has 0 aliphatic rings. The maximum absolute atomic E-state index is 13.3. The predicted octanol–water partition coefficient (Wildman–Crippen LogP) is 5.70. The Morgan fingerprint density at radius 1 is 0.971 bits per heavy atom. The van der Waals surface area contributed by atoms with Crippen LogP contribution in [0.2, 0.25) is 5.02 Å². The van der Waals surface area contributed by atoms with Gasteiger partial charge >= 0.3 is 0 Å². The summed E-state index contributed by atoms with van der Waals surface area (Å²) in [6.45, 7) is 5.74. The number of halogens is 1. The van der Waals surface area contributed by atoms with Gasteiger partial charge in [-0.05, 0) is 55.7 Å². The molecule has 3 aromatic carbocycles. The summed E-state index contributed by atoms with van der Waals surface area (Å²) in [6, 6.07) is 18.0. The van der Waals surface area contributed by atoms with Gasteiger partial charge in [0.05, 0.1) is 11.1 Å². The van der Waals surface area contributed by atoms with Gasteiger partial charge in [0, 0.05) is 27.9 Å². The molecule has 0 aliphatic heterocycles. The van der Waals surface area contributed by atoms with Gasteiger partial charge in [0.2, 0.25) is 11.3 Å². The van der Waals surface area contributed by atoms with Gasteiger partial charge in [-0.2, -0.15) is 0 Å². The first kappa shape index (κ1) is 23.5. The van der Waals surface area contributed by atoms with Gasteiger partial charge in [-0.25, -0.2) is 0 Å². The molecule has 0 radical (unpaired) electrons. The second kappa shape index (κ2) is 9.65. The molecule has 6 heteroatoms. The van der Waals surface area contributed by atoms with Gasteiger partial charge in [0.25, 0.3) is 0 Å². The summed E-state index contributed by atoms with van der Waals surface area (Å²) in [5, 5.41) is 3.80. The first-order valence-corrected chi connectivity index (χ1v) is 11.5. The van der Waals surface area contributed by atoms with Crippen LogP contribution < -0.4 is 10.7 Å². The van der Waals surface area contributed by atoms with Crippen molar-refractivity contribution in [2.24, 2.45) is 0 Å². The summed E-state index contributed by atoms with van der Waals surface area (Å²) in [7, 11) is 0. The molecule has 1 heterocycles. The van der Waals surface area contributed by atoms with Gasteiger partial charge in [-0.3, -0.25) is 14.4 Å². The zero-order chi connectivity index (χ0) is 24.4. The third kappa shape index (κ3) is 4.80. The Morgan fingerprint density at radius 2 is 1.71 bits per heavy atom.